The molecule has 0 spiro atoms. The predicted octanol–water partition coefficient (Wildman–Crippen LogP) is 4.08. The minimum absolute atomic E-state index is 0.0724. The lowest BCUT2D eigenvalue weighted by atomic mass is 10.1. The van der Waals surface area contributed by atoms with Crippen LogP contribution in [0.2, 0.25) is 0 Å². The molecule has 2 rings (SSSR count). The van der Waals surface area contributed by atoms with Crippen molar-refractivity contribution in [3.05, 3.63) is 47.7 Å². The molecule has 0 amide bonds. The van der Waals surface area contributed by atoms with E-state index in [0.29, 0.717) is 11.3 Å². The third kappa shape index (κ3) is 4.00. The maximum atomic E-state index is 12.4. The largest absolute Gasteiger partial charge is 0.462 e. The molecule has 122 valence electrons. The third-order valence-electron chi connectivity index (χ3n) is 2.94. The van der Waals surface area contributed by atoms with Gasteiger partial charge in [-0.1, -0.05) is 30.3 Å². The highest BCUT2D eigenvalue weighted by molar-refractivity contribution is 6.07. The molecule has 0 saturated carbocycles. The van der Waals surface area contributed by atoms with Crippen molar-refractivity contribution in [1.29, 1.82) is 0 Å². The third-order valence-corrected chi connectivity index (χ3v) is 2.94. The number of rotatable bonds is 5. The van der Waals surface area contributed by atoms with Crippen LogP contribution in [-0.2, 0) is 9.47 Å². The second-order valence-corrected chi connectivity index (χ2v) is 5.63. The molecular weight excluding hydrogens is 296 g/mol. The SMILES string of the molecule is CC(C)OC(=O)c1coc(-c2ccccc2)c1C(=O)OC(C)C. The fourth-order valence-corrected chi connectivity index (χ4v) is 2.06. The Labute approximate surface area is 135 Å². The molecule has 2 aromatic rings. The lowest BCUT2D eigenvalue weighted by Gasteiger charge is -2.11. The van der Waals surface area contributed by atoms with Gasteiger partial charge in [0.05, 0.1) is 12.2 Å². The van der Waals surface area contributed by atoms with Crippen LogP contribution in [0, 0.1) is 0 Å². The molecule has 0 atom stereocenters. The van der Waals surface area contributed by atoms with Gasteiger partial charge in [-0.2, -0.15) is 0 Å². The lowest BCUT2D eigenvalue weighted by molar-refractivity contribution is 0.0330. The fourth-order valence-electron chi connectivity index (χ4n) is 2.06. The van der Waals surface area contributed by atoms with Crippen LogP contribution < -0.4 is 0 Å². The summed E-state index contributed by atoms with van der Waals surface area (Å²) in [7, 11) is 0. The van der Waals surface area contributed by atoms with Gasteiger partial charge in [0.15, 0.2) is 0 Å². The van der Waals surface area contributed by atoms with Crippen molar-refractivity contribution >= 4 is 11.9 Å². The number of benzene rings is 1. The predicted molar refractivity (Wildman–Crippen MR) is 85.2 cm³/mol. The minimum Gasteiger partial charge on any atom is -0.462 e. The molecule has 0 unspecified atom stereocenters. The van der Waals surface area contributed by atoms with E-state index in [1.165, 1.54) is 6.26 Å². The molecule has 0 bridgehead atoms. The summed E-state index contributed by atoms with van der Waals surface area (Å²) in [6.07, 6.45) is 0.630. The van der Waals surface area contributed by atoms with Crippen LogP contribution in [-0.4, -0.2) is 24.1 Å². The number of hydrogen-bond acceptors (Lipinski definition) is 5. The number of carbonyl (C=O) groups is 2. The van der Waals surface area contributed by atoms with Crippen molar-refractivity contribution in [3.8, 4) is 11.3 Å². The summed E-state index contributed by atoms with van der Waals surface area (Å²) >= 11 is 0. The van der Waals surface area contributed by atoms with Gasteiger partial charge < -0.3 is 13.9 Å². The van der Waals surface area contributed by atoms with E-state index in [1.807, 2.05) is 18.2 Å². The topological polar surface area (TPSA) is 65.7 Å². The monoisotopic (exact) mass is 316 g/mol. The van der Waals surface area contributed by atoms with E-state index in [1.54, 1.807) is 39.8 Å². The van der Waals surface area contributed by atoms with Crippen LogP contribution in [0.1, 0.15) is 48.4 Å². The highest BCUT2D eigenvalue weighted by Gasteiger charge is 2.29. The van der Waals surface area contributed by atoms with Crippen LogP contribution in [0.3, 0.4) is 0 Å². The van der Waals surface area contributed by atoms with Crippen LogP contribution in [0.4, 0.5) is 0 Å². The molecule has 0 aliphatic rings. The molecule has 0 saturated heterocycles. The molecule has 0 aliphatic carbocycles. The molecule has 5 nitrogen and oxygen atoms in total. The second-order valence-electron chi connectivity index (χ2n) is 5.63. The van der Waals surface area contributed by atoms with Crippen molar-refractivity contribution in [2.24, 2.45) is 0 Å². The molecule has 0 N–H and O–H groups in total. The first kappa shape index (κ1) is 16.8. The van der Waals surface area contributed by atoms with Gasteiger partial charge in [0.1, 0.15) is 23.2 Å². The number of hydrogen-bond donors (Lipinski definition) is 0. The van der Waals surface area contributed by atoms with Crippen LogP contribution >= 0.6 is 0 Å². The fraction of sp³-hybridized carbons (Fsp3) is 0.333. The number of esters is 2. The van der Waals surface area contributed by atoms with E-state index in [4.69, 9.17) is 13.9 Å². The van der Waals surface area contributed by atoms with E-state index >= 15 is 0 Å². The summed E-state index contributed by atoms with van der Waals surface area (Å²) in [5.41, 5.74) is 0.852. The van der Waals surface area contributed by atoms with Gasteiger partial charge in [-0.15, -0.1) is 0 Å². The van der Waals surface area contributed by atoms with Gasteiger partial charge in [-0.3, -0.25) is 0 Å². The summed E-state index contributed by atoms with van der Waals surface area (Å²) in [6.45, 7) is 6.96. The van der Waals surface area contributed by atoms with E-state index in [0.717, 1.165) is 0 Å². The van der Waals surface area contributed by atoms with E-state index in [9.17, 15) is 9.59 Å². The molecule has 1 aromatic heterocycles. The normalized spacial score (nSPS) is 10.9. The summed E-state index contributed by atoms with van der Waals surface area (Å²) in [4.78, 5) is 24.7. The van der Waals surface area contributed by atoms with Gasteiger partial charge in [-0.05, 0) is 27.7 Å². The number of ether oxygens (including phenoxy) is 2. The van der Waals surface area contributed by atoms with Gasteiger partial charge >= 0.3 is 11.9 Å². The highest BCUT2D eigenvalue weighted by Crippen LogP contribution is 2.30. The Hall–Kier alpha value is -2.56. The molecule has 0 fully saturated rings. The smallest absolute Gasteiger partial charge is 0.343 e. The number of carbonyl (C=O) groups excluding carboxylic acids is 2. The molecule has 5 heteroatoms. The molecule has 23 heavy (non-hydrogen) atoms. The quantitative estimate of drug-likeness (QED) is 0.778. The Bertz CT molecular complexity index is 683. The number of furan rings is 1. The zero-order chi connectivity index (χ0) is 17.0. The highest BCUT2D eigenvalue weighted by atomic mass is 16.6. The minimum atomic E-state index is -0.610. The summed E-state index contributed by atoms with van der Waals surface area (Å²) in [6, 6.07) is 9.08. The molecular formula is C18H20O5. The molecule has 0 aliphatic heterocycles. The molecule has 0 radical (unpaired) electrons. The Morgan fingerprint density at radius 1 is 0.913 bits per heavy atom. The standard InChI is InChI=1S/C18H20O5/c1-11(2)22-17(19)14-10-21-16(13-8-6-5-7-9-13)15(14)18(20)23-12(3)4/h5-12H,1-4H3. The summed E-state index contributed by atoms with van der Waals surface area (Å²) < 4.78 is 15.9. The zero-order valence-corrected chi connectivity index (χ0v) is 13.7. The molecule has 1 heterocycles. The second kappa shape index (κ2) is 7.13. The lowest BCUT2D eigenvalue weighted by Crippen LogP contribution is -2.18. The first-order valence-corrected chi connectivity index (χ1v) is 7.49. The summed E-state index contributed by atoms with van der Waals surface area (Å²) in [5.74, 6) is -0.920. The van der Waals surface area contributed by atoms with Crippen LogP contribution in [0.25, 0.3) is 11.3 Å². The van der Waals surface area contributed by atoms with Crippen LogP contribution in [0.5, 0.6) is 0 Å². The van der Waals surface area contributed by atoms with Crippen molar-refractivity contribution < 1.29 is 23.5 Å². The molecule has 1 aromatic carbocycles. The first-order valence-electron chi connectivity index (χ1n) is 7.49. The summed E-state index contributed by atoms with van der Waals surface area (Å²) in [5, 5.41) is 0. The van der Waals surface area contributed by atoms with Gasteiger partial charge in [-0.25, -0.2) is 9.59 Å². The van der Waals surface area contributed by atoms with E-state index in [2.05, 4.69) is 0 Å². The first-order chi connectivity index (χ1) is 10.9. The average molecular weight is 316 g/mol. The van der Waals surface area contributed by atoms with Gasteiger partial charge in [0.25, 0.3) is 0 Å². The maximum absolute atomic E-state index is 12.4. The Balaban J connectivity index is 2.49. The van der Waals surface area contributed by atoms with E-state index in [-0.39, 0.29) is 23.3 Å². The van der Waals surface area contributed by atoms with Gasteiger partial charge in [0, 0.05) is 5.56 Å². The van der Waals surface area contributed by atoms with Crippen molar-refractivity contribution in [2.75, 3.05) is 0 Å². The Morgan fingerprint density at radius 3 is 2.04 bits per heavy atom. The Morgan fingerprint density at radius 2 is 1.48 bits per heavy atom. The zero-order valence-electron chi connectivity index (χ0n) is 13.7. The van der Waals surface area contributed by atoms with Crippen molar-refractivity contribution in [2.45, 2.75) is 39.9 Å². The maximum Gasteiger partial charge on any atom is 0.343 e. The van der Waals surface area contributed by atoms with Crippen molar-refractivity contribution in [1.82, 2.24) is 0 Å². The average Bonchev–Trinajstić information content (AvgIpc) is 2.91. The van der Waals surface area contributed by atoms with E-state index < -0.39 is 11.9 Å². The van der Waals surface area contributed by atoms with Crippen LogP contribution in [0.15, 0.2) is 41.0 Å². The Kier molecular flexibility index (Phi) is 5.21. The van der Waals surface area contributed by atoms with Gasteiger partial charge in [0.2, 0.25) is 0 Å². The van der Waals surface area contributed by atoms with Crippen molar-refractivity contribution in [3.63, 3.8) is 0 Å².